The van der Waals surface area contributed by atoms with Gasteiger partial charge in [0.15, 0.2) is 5.78 Å². The Hall–Kier alpha value is -1.53. The minimum atomic E-state index is 0.210. The summed E-state index contributed by atoms with van der Waals surface area (Å²) in [4.78, 5) is 12.1. The highest BCUT2D eigenvalue weighted by Gasteiger charge is 2.19. The van der Waals surface area contributed by atoms with Crippen LogP contribution < -0.4 is 5.32 Å². The van der Waals surface area contributed by atoms with Crippen LogP contribution in [0.1, 0.15) is 49.1 Å². The van der Waals surface area contributed by atoms with Crippen LogP contribution in [0.2, 0.25) is 0 Å². The lowest BCUT2D eigenvalue weighted by Crippen LogP contribution is -2.30. The molecule has 1 aliphatic rings. The van der Waals surface area contributed by atoms with Gasteiger partial charge in [0.1, 0.15) is 0 Å². The smallest absolute Gasteiger partial charge is 0.180 e. The zero-order valence-corrected chi connectivity index (χ0v) is 10.9. The van der Waals surface area contributed by atoms with Crippen LogP contribution in [0.5, 0.6) is 0 Å². The summed E-state index contributed by atoms with van der Waals surface area (Å²) in [7, 11) is 0. The second-order valence-corrected chi connectivity index (χ2v) is 4.63. The molecule has 0 aromatic carbocycles. The second kappa shape index (κ2) is 6.42. The molecular weight excluding hydrogens is 224 g/mol. The molecule has 1 aromatic rings. The van der Waals surface area contributed by atoms with E-state index in [2.05, 4.69) is 21.7 Å². The maximum atomic E-state index is 12.1. The maximum absolute atomic E-state index is 12.1. The molecule has 0 unspecified atom stereocenters. The van der Waals surface area contributed by atoms with Crippen LogP contribution in [-0.4, -0.2) is 23.4 Å². The van der Waals surface area contributed by atoms with Crippen LogP contribution in [-0.2, 0) is 0 Å². The van der Waals surface area contributed by atoms with Gasteiger partial charge in [-0.05, 0) is 45.0 Å². The van der Waals surface area contributed by atoms with E-state index in [0.717, 1.165) is 31.6 Å². The zero-order valence-electron chi connectivity index (χ0n) is 10.9. The van der Waals surface area contributed by atoms with Crippen molar-refractivity contribution in [1.82, 2.24) is 9.88 Å². The molecule has 1 aliphatic heterocycles. The summed E-state index contributed by atoms with van der Waals surface area (Å²) in [5.74, 6) is 5.99. The summed E-state index contributed by atoms with van der Waals surface area (Å²) in [5.41, 5.74) is 0.847. The van der Waals surface area contributed by atoms with Gasteiger partial charge in [-0.1, -0.05) is 0 Å². The average Bonchev–Trinajstić information content (AvgIpc) is 2.89. The molecule has 18 heavy (non-hydrogen) atoms. The zero-order chi connectivity index (χ0) is 12.8. The highest BCUT2D eigenvalue weighted by atomic mass is 16.1. The van der Waals surface area contributed by atoms with Crippen molar-refractivity contribution < 1.29 is 4.79 Å². The predicted molar refractivity (Wildman–Crippen MR) is 72.6 cm³/mol. The van der Waals surface area contributed by atoms with E-state index in [1.165, 1.54) is 0 Å². The number of ketones is 1. The third-order valence-electron chi connectivity index (χ3n) is 3.42. The van der Waals surface area contributed by atoms with Gasteiger partial charge in [0.2, 0.25) is 0 Å². The monoisotopic (exact) mass is 244 g/mol. The van der Waals surface area contributed by atoms with E-state index >= 15 is 0 Å². The van der Waals surface area contributed by atoms with E-state index in [4.69, 9.17) is 0 Å². The van der Waals surface area contributed by atoms with Crippen molar-refractivity contribution in [3.63, 3.8) is 0 Å². The van der Waals surface area contributed by atoms with Gasteiger partial charge < -0.3 is 9.88 Å². The third kappa shape index (κ3) is 3.02. The Labute approximate surface area is 109 Å². The van der Waals surface area contributed by atoms with Crippen molar-refractivity contribution in [3.05, 3.63) is 24.0 Å². The quantitative estimate of drug-likeness (QED) is 0.652. The van der Waals surface area contributed by atoms with Crippen LogP contribution in [0.4, 0.5) is 0 Å². The highest BCUT2D eigenvalue weighted by molar-refractivity contribution is 5.94. The highest BCUT2D eigenvalue weighted by Crippen LogP contribution is 2.22. The van der Waals surface area contributed by atoms with E-state index in [-0.39, 0.29) is 5.78 Å². The summed E-state index contributed by atoms with van der Waals surface area (Å²) in [6, 6.07) is 4.38. The molecule has 0 atom stereocenters. The van der Waals surface area contributed by atoms with Gasteiger partial charge in [-0.25, -0.2) is 0 Å². The Balaban J connectivity index is 2.05. The lowest BCUT2D eigenvalue weighted by atomic mass is 10.1. The van der Waals surface area contributed by atoms with Gasteiger partial charge in [-0.3, -0.25) is 4.79 Å². The van der Waals surface area contributed by atoms with Crippen molar-refractivity contribution in [1.29, 1.82) is 0 Å². The number of nitrogens with zero attached hydrogens (tertiary/aromatic N) is 1. The molecule has 0 bridgehead atoms. The van der Waals surface area contributed by atoms with Crippen molar-refractivity contribution in [2.75, 3.05) is 13.1 Å². The summed E-state index contributed by atoms with van der Waals surface area (Å²) >= 11 is 0. The number of aromatic nitrogens is 1. The fourth-order valence-electron chi connectivity index (χ4n) is 2.46. The molecule has 0 saturated carbocycles. The molecule has 2 rings (SSSR count). The van der Waals surface area contributed by atoms with Crippen LogP contribution in [0.3, 0.4) is 0 Å². The van der Waals surface area contributed by atoms with Crippen LogP contribution in [0, 0.1) is 11.8 Å². The normalized spacial score (nSPS) is 16.1. The van der Waals surface area contributed by atoms with Gasteiger partial charge in [0, 0.05) is 25.1 Å². The molecule has 1 N–H and O–H groups in total. The lowest BCUT2D eigenvalue weighted by Gasteiger charge is -2.25. The first-order valence-electron chi connectivity index (χ1n) is 6.63. The van der Waals surface area contributed by atoms with E-state index in [1.807, 2.05) is 25.3 Å². The Morgan fingerprint density at radius 1 is 1.50 bits per heavy atom. The Morgan fingerprint density at radius 2 is 2.28 bits per heavy atom. The molecule has 1 aromatic heterocycles. The average molecular weight is 244 g/mol. The second-order valence-electron chi connectivity index (χ2n) is 4.63. The fraction of sp³-hybridized carbons (Fsp3) is 0.533. The number of carbonyl (C=O) groups is 1. The van der Waals surface area contributed by atoms with Crippen LogP contribution in [0.25, 0.3) is 0 Å². The predicted octanol–water partition coefficient (Wildman–Crippen LogP) is 2.40. The third-order valence-corrected chi connectivity index (χ3v) is 3.42. The standard InChI is InChI=1S/C15H20N2O/c1-2-3-4-7-15(18)14-6-5-12-17(14)13-8-10-16-11-9-13/h5-6,12-13,16H,4,7-11H2,1H3. The van der Waals surface area contributed by atoms with Gasteiger partial charge in [-0.2, -0.15) is 0 Å². The van der Waals surface area contributed by atoms with Gasteiger partial charge in [0.05, 0.1) is 5.69 Å². The van der Waals surface area contributed by atoms with Gasteiger partial charge >= 0.3 is 0 Å². The summed E-state index contributed by atoms with van der Waals surface area (Å²) in [5, 5.41) is 3.35. The molecule has 3 heteroatoms. The molecule has 1 fully saturated rings. The molecule has 0 amide bonds. The molecule has 1 saturated heterocycles. The SMILES string of the molecule is CC#CCCC(=O)c1cccn1C1CCNCC1. The van der Waals surface area contributed by atoms with Crippen LogP contribution >= 0.6 is 0 Å². The number of Topliss-reactive ketones (excluding diaryl/α,β-unsaturated/α-hetero) is 1. The van der Waals surface area contributed by atoms with Crippen LogP contribution in [0.15, 0.2) is 18.3 Å². The fourth-order valence-corrected chi connectivity index (χ4v) is 2.46. The van der Waals surface area contributed by atoms with Gasteiger partial charge in [0.25, 0.3) is 0 Å². The molecule has 0 aliphatic carbocycles. The summed E-state index contributed by atoms with van der Waals surface area (Å²) < 4.78 is 2.16. The molecular formula is C15H20N2O. The molecule has 2 heterocycles. The summed E-state index contributed by atoms with van der Waals surface area (Å²) in [6.07, 6.45) is 5.42. The Morgan fingerprint density at radius 3 is 3.00 bits per heavy atom. The van der Waals surface area contributed by atoms with Gasteiger partial charge in [-0.15, -0.1) is 11.8 Å². The summed E-state index contributed by atoms with van der Waals surface area (Å²) in [6.45, 7) is 3.89. The van der Waals surface area contributed by atoms with E-state index in [1.54, 1.807) is 0 Å². The molecule has 96 valence electrons. The topological polar surface area (TPSA) is 34.0 Å². The first-order chi connectivity index (χ1) is 8.83. The van der Waals surface area contributed by atoms with Crippen molar-refractivity contribution >= 4 is 5.78 Å². The van der Waals surface area contributed by atoms with Crippen molar-refractivity contribution in [2.45, 2.75) is 38.6 Å². The lowest BCUT2D eigenvalue weighted by molar-refractivity contribution is 0.0972. The number of rotatable bonds is 4. The van der Waals surface area contributed by atoms with Crippen molar-refractivity contribution in [2.24, 2.45) is 0 Å². The number of nitrogens with one attached hydrogen (secondary N) is 1. The molecule has 0 radical (unpaired) electrons. The minimum absolute atomic E-state index is 0.210. The Bertz CT molecular complexity index is 458. The number of hydrogen-bond donors (Lipinski definition) is 1. The minimum Gasteiger partial charge on any atom is -0.342 e. The van der Waals surface area contributed by atoms with E-state index < -0.39 is 0 Å². The maximum Gasteiger partial charge on any atom is 0.180 e. The first kappa shape index (κ1) is 12.9. The number of hydrogen-bond acceptors (Lipinski definition) is 2. The molecule has 0 spiro atoms. The number of carbonyl (C=O) groups excluding carboxylic acids is 1. The molecule has 3 nitrogen and oxygen atoms in total. The largest absolute Gasteiger partial charge is 0.342 e. The Kier molecular flexibility index (Phi) is 4.60. The van der Waals surface area contributed by atoms with Crippen molar-refractivity contribution in [3.8, 4) is 11.8 Å². The first-order valence-corrected chi connectivity index (χ1v) is 6.63. The van der Waals surface area contributed by atoms with E-state index in [9.17, 15) is 4.79 Å². The number of piperidine rings is 1. The van der Waals surface area contributed by atoms with E-state index in [0.29, 0.717) is 18.9 Å².